The van der Waals surface area contributed by atoms with Gasteiger partial charge in [0.25, 0.3) is 0 Å². The molecule has 1 atom stereocenters. The molecule has 0 aromatic rings. The van der Waals surface area contributed by atoms with Gasteiger partial charge in [-0.15, -0.1) is 0 Å². The van der Waals surface area contributed by atoms with Gasteiger partial charge in [0.1, 0.15) is 0 Å². The average Bonchev–Trinajstić information content (AvgIpc) is 2.38. The third-order valence-electron chi connectivity index (χ3n) is 3.35. The maximum Gasteiger partial charge on any atom is 0.673 e. The van der Waals surface area contributed by atoms with Crippen LogP contribution in [-0.2, 0) is 0 Å². The summed E-state index contributed by atoms with van der Waals surface area (Å²) in [5, 5.41) is 0. The third-order valence-corrected chi connectivity index (χ3v) is 4.33. The van der Waals surface area contributed by atoms with Gasteiger partial charge in [0.15, 0.2) is 0 Å². The summed E-state index contributed by atoms with van der Waals surface area (Å²) in [6.07, 6.45) is 19.2. The minimum absolute atomic E-state index is 0.763. The highest BCUT2D eigenvalue weighted by Crippen LogP contribution is 2.13. The minimum atomic E-state index is -6.00. The lowest BCUT2D eigenvalue weighted by molar-refractivity contribution is 0.368. The highest BCUT2D eigenvalue weighted by atomic mass is 31.1. The minimum Gasteiger partial charge on any atom is -0.418 e. The molecule has 0 spiro atoms. The van der Waals surface area contributed by atoms with E-state index in [4.69, 9.17) is 0 Å². The second kappa shape index (κ2) is 18.3. The highest BCUT2D eigenvalue weighted by Gasteiger charge is 2.20. The lowest BCUT2D eigenvalue weighted by Crippen LogP contribution is -2.02. The zero-order valence-corrected chi connectivity index (χ0v) is 15.0. The Bertz CT molecular complexity index is 169. The highest BCUT2D eigenvalue weighted by molar-refractivity contribution is 7.36. The first-order valence-corrected chi connectivity index (χ1v) is 10.5. The van der Waals surface area contributed by atoms with Crippen LogP contribution in [0.2, 0.25) is 0 Å². The van der Waals surface area contributed by atoms with Crippen molar-refractivity contribution in [3.8, 4) is 0 Å². The van der Waals surface area contributed by atoms with Crippen LogP contribution in [0.3, 0.4) is 0 Å². The van der Waals surface area contributed by atoms with E-state index in [0.717, 1.165) is 8.58 Å². The van der Waals surface area contributed by atoms with E-state index in [1.807, 2.05) is 0 Å². The fraction of sp³-hybridized carbons (Fsp3) is 1.00. The van der Waals surface area contributed by atoms with Crippen LogP contribution in [0.4, 0.5) is 17.3 Å². The van der Waals surface area contributed by atoms with Crippen molar-refractivity contribution in [3.05, 3.63) is 0 Å². The van der Waals surface area contributed by atoms with Crippen LogP contribution in [0.25, 0.3) is 0 Å². The molecule has 0 bridgehead atoms. The predicted molar refractivity (Wildman–Crippen MR) is 91.8 cm³/mol. The van der Waals surface area contributed by atoms with E-state index in [0.29, 0.717) is 0 Å². The molecule has 0 heterocycles. The summed E-state index contributed by atoms with van der Waals surface area (Å²) in [4.78, 5) is 0. The molecule has 0 N–H and O–H groups in total. The van der Waals surface area contributed by atoms with Gasteiger partial charge >= 0.3 is 7.25 Å². The SMILES string of the molecule is CCCCCCCCCCCCCC[PH2+]C.F[B-](F)(F)F. The fourth-order valence-electron chi connectivity index (χ4n) is 2.19. The van der Waals surface area contributed by atoms with Gasteiger partial charge in [-0.3, -0.25) is 0 Å². The third kappa shape index (κ3) is 38.4. The van der Waals surface area contributed by atoms with Gasteiger partial charge in [-0.05, 0) is 21.4 Å². The summed E-state index contributed by atoms with van der Waals surface area (Å²) in [7, 11) is -5.24. The monoisotopic (exact) mass is 332 g/mol. The molecule has 0 saturated heterocycles. The summed E-state index contributed by atoms with van der Waals surface area (Å²) < 4.78 is 39.0. The number of halogens is 4. The first kappa shape index (κ1) is 23.5. The lowest BCUT2D eigenvalue weighted by atomic mass is 10.1. The van der Waals surface area contributed by atoms with E-state index in [1.165, 1.54) is 83.2 Å². The van der Waals surface area contributed by atoms with E-state index in [1.54, 1.807) is 0 Å². The molecule has 21 heavy (non-hydrogen) atoms. The van der Waals surface area contributed by atoms with Crippen molar-refractivity contribution >= 4 is 15.8 Å². The second-order valence-electron chi connectivity index (χ2n) is 5.58. The number of unbranched alkanes of at least 4 members (excludes halogenated alkanes) is 11. The van der Waals surface area contributed by atoms with E-state index in [9.17, 15) is 17.3 Å². The Morgan fingerprint density at radius 3 is 1.19 bits per heavy atom. The molecule has 0 rings (SSSR count). The standard InChI is InChI=1S/C15H33P.BF4/c1-3-4-5-6-7-8-9-10-11-12-13-14-15-16-2;2-1(3,4)5/h16H,3-15H2,1-2H3;/q;-1/p+1. The van der Waals surface area contributed by atoms with Gasteiger partial charge in [0.05, 0.1) is 6.16 Å². The van der Waals surface area contributed by atoms with Crippen LogP contribution < -0.4 is 0 Å². The van der Waals surface area contributed by atoms with Gasteiger partial charge in [0, 0.05) is 6.66 Å². The normalized spacial score (nSPS) is 11.7. The maximum absolute atomic E-state index is 9.75. The Labute approximate surface area is 130 Å². The predicted octanol–water partition coefficient (Wildman–Crippen LogP) is 7.03. The largest absolute Gasteiger partial charge is 0.673 e. The van der Waals surface area contributed by atoms with E-state index >= 15 is 0 Å². The van der Waals surface area contributed by atoms with Gasteiger partial charge < -0.3 is 17.3 Å². The first-order valence-electron chi connectivity index (χ1n) is 8.57. The molecule has 130 valence electrons. The van der Waals surface area contributed by atoms with Crippen LogP contribution >= 0.6 is 8.58 Å². The summed E-state index contributed by atoms with van der Waals surface area (Å²) in [5.41, 5.74) is 0. The van der Waals surface area contributed by atoms with Crippen molar-refractivity contribution in [2.24, 2.45) is 0 Å². The summed E-state index contributed by atoms with van der Waals surface area (Å²) in [5.74, 6) is 0. The molecule has 0 nitrogen and oxygen atoms in total. The van der Waals surface area contributed by atoms with Gasteiger partial charge in [0.2, 0.25) is 0 Å². The molecular weight excluding hydrogens is 298 g/mol. The van der Waals surface area contributed by atoms with Gasteiger partial charge in [-0.2, -0.15) is 0 Å². The molecule has 0 aliphatic rings. The fourth-order valence-corrected chi connectivity index (χ4v) is 2.89. The van der Waals surface area contributed by atoms with Crippen LogP contribution in [-0.4, -0.2) is 20.1 Å². The van der Waals surface area contributed by atoms with E-state index in [-0.39, 0.29) is 0 Å². The second-order valence-corrected chi connectivity index (χ2v) is 6.97. The quantitative estimate of drug-likeness (QED) is 0.147. The number of rotatable bonds is 13. The average molecular weight is 332 g/mol. The van der Waals surface area contributed by atoms with Crippen LogP contribution in [0, 0.1) is 0 Å². The van der Waals surface area contributed by atoms with Crippen molar-refractivity contribution in [2.75, 3.05) is 12.8 Å². The first-order chi connectivity index (χ1) is 9.91. The smallest absolute Gasteiger partial charge is 0.418 e. The van der Waals surface area contributed by atoms with E-state index < -0.39 is 7.25 Å². The Morgan fingerprint density at radius 1 is 0.619 bits per heavy atom. The van der Waals surface area contributed by atoms with Gasteiger partial charge in [-0.25, -0.2) is 0 Å². The van der Waals surface area contributed by atoms with Crippen LogP contribution in [0.15, 0.2) is 0 Å². The van der Waals surface area contributed by atoms with Crippen molar-refractivity contribution in [3.63, 3.8) is 0 Å². The molecule has 0 radical (unpaired) electrons. The van der Waals surface area contributed by atoms with Crippen molar-refractivity contribution in [2.45, 2.75) is 84.0 Å². The Kier molecular flexibility index (Phi) is 20.4. The number of hydrogen-bond donors (Lipinski definition) is 0. The molecule has 0 saturated carbocycles. The molecule has 0 fully saturated rings. The molecule has 0 aromatic carbocycles. The van der Waals surface area contributed by atoms with Crippen LogP contribution in [0.5, 0.6) is 0 Å². The van der Waals surface area contributed by atoms with Crippen molar-refractivity contribution in [1.82, 2.24) is 0 Å². The molecule has 0 aliphatic heterocycles. The zero-order chi connectivity index (χ0) is 16.4. The lowest BCUT2D eigenvalue weighted by Gasteiger charge is -2.01. The molecular formula is C15H34BF4P. The van der Waals surface area contributed by atoms with E-state index in [2.05, 4.69) is 13.6 Å². The molecule has 1 unspecified atom stereocenters. The van der Waals surface area contributed by atoms with Crippen molar-refractivity contribution in [1.29, 1.82) is 0 Å². The Balaban J connectivity index is 0. The maximum atomic E-state index is 9.75. The van der Waals surface area contributed by atoms with Crippen molar-refractivity contribution < 1.29 is 17.3 Å². The molecule has 0 aliphatic carbocycles. The Hall–Kier alpha value is 0.215. The molecule has 6 heteroatoms. The topological polar surface area (TPSA) is 0 Å². The number of hydrogen-bond acceptors (Lipinski definition) is 0. The summed E-state index contributed by atoms with van der Waals surface area (Å²) in [6, 6.07) is 0. The summed E-state index contributed by atoms with van der Waals surface area (Å²) >= 11 is 0. The summed E-state index contributed by atoms with van der Waals surface area (Å²) in [6.45, 7) is 4.67. The molecule has 0 amide bonds. The zero-order valence-electron chi connectivity index (χ0n) is 13.9. The van der Waals surface area contributed by atoms with Crippen LogP contribution in [0.1, 0.15) is 84.0 Å². The van der Waals surface area contributed by atoms with Gasteiger partial charge in [-0.1, -0.05) is 71.1 Å². The Morgan fingerprint density at radius 2 is 0.905 bits per heavy atom. The molecule has 0 aromatic heterocycles.